The molecule has 0 aliphatic rings. The van der Waals surface area contributed by atoms with Crippen molar-refractivity contribution in [2.24, 2.45) is 17.8 Å². The van der Waals surface area contributed by atoms with E-state index in [9.17, 15) is 43.2 Å². The average molecular weight is 1290 g/mol. The summed E-state index contributed by atoms with van der Waals surface area (Å²) in [5.41, 5.74) is 0. The van der Waals surface area contributed by atoms with Gasteiger partial charge >= 0.3 is 39.5 Å². The average Bonchev–Trinajstić information content (AvgIpc) is 3.48. The Balaban J connectivity index is 5.28. The first-order valence-electron chi connectivity index (χ1n) is 35.2. The van der Waals surface area contributed by atoms with Gasteiger partial charge in [-0.1, -0.05) is 265 Å². The zero-order valence-electron chi connectivity index (χ0n) is 56.7. The third kappa shape index (κ3) is 61.1. The Morgan fingerprint density at radius 2 is 0.670 bits per heavy atom. The number of carbonyl (C=O) groups excluding carboxylic acids is 4. The summed E-state index contributed by atoms with van der Waals surface area (Å²) >= 11 is 0. The van der Waals surface area contributed by atoms with Crippen molar-refractivity contribution in [1.29, 1.82) is 0 Å². The largest absolute Gasteiger partial charge is 0.472 e. The first-order chi connectivity index (χ1) is 42.3. The Labute approximate surface area is 535 Å². The SMILES string of the molecule is CCCCCC/C=C\C=C/CCCCCCCC(=O)O[C@H](COC(=O)CCCCCCCCC(C)C)COP(=O)(O)OC[C@H](O)COP(=O)(O)OC[C@@H](COC(=O)CCCCCCCCC(C)CC)OC(=O)CCCCCCCCCCCCCC(C)C. The lowest BCUT2D eigenvalue weighted by atomic mass is 10.00. The van der Waals surface area contributed by atoms with Crippen LogP contribution in [0.3, 0.4) is 0 Å². The molecule has 0 aromatic carbocycles. The number of ether oxygens (including phenoxy) is 4. The number of allylic oxidation sites excluding steroid dienone is 4. The number of hydrogen-bond donors (Lipinski definition) is 3. The molecule has 0 rings (SSSR count). The molecule has 0 heterocycles. The van der Waals surface area contributed by atoms with E-state index >= 15 is 0 Å². The van der Waals surface area contributed by atoms with Crippen molar-refractivity contribution in [3.63, 3.8) is 0 Å². The first-order valence-corrected chi connectivity index (χ1v) is 38.2. The van der Waals surface area contributed by atoms with Crippen LogP contribution in [0.15, 0.2) is 24.3 Å². The van der Waals surface area contributed by atoms with E-state index in [1.165, 1.54) is 103 Å². The third-order valence-corrected chi connectivity index (χ3v) is 17.5. The lowest BCUT2D eigenvalue weighted by Gasteiger charge is -2.21. The van der Waals surface area contributed by atoms with Gasteiger partial charge in [0.1, 0.15) is 19.3 Å². The Morgan fingerprint density at radius 1 is 0.375 bits per heavy atom. The highest BCUT2D eigenvalue weighted by Crippen LogP contribution is 2.45. The second-order valence-corrected chi connectivity index (χ2v) is 28.3. The summed E-state index contributed by atoms with van der Waals surface area (Å²) < 4.78 is 68.1. The van der Waals surface area contributed by atoms with Crippen LogP contribution in [0.2, 0.25) is 0 Å². The monoisotopic (exact) mass is 1290 g/mol. The molecule has 0 aromatic heterocycles. The lowest BCUT2D eigenvalue weighted by molar-refractivity contribution is -0.161. The summed E-state index contributed by atoms with van der Waals surface area (Å²) in [7, 11) is -9.91. The molecule has 0 saturated carbocycles. The summed E-state index contributed by atoms with van der Waals surface area (Å²) in [6.45, 7) is 11.6. The first kappa shape index (κ1) is 85.5. The van der Waals surface area contributed by atoms with Crippen molar-refractivity contribution >= 4 is 39.5 Å². The van der Waals surface area contributed by atoms with Gasteiger partial charge in [0.25, 0.3) is 0 Å². The van der Waals surface area contributed by atoms with Gasteiger partial charge in [-0.25, -0.2) is 9.13 Å². The molecule has 88 heavy (non-hydrogen) atoms. The second kappa shape index (κ2) is 59.5. The van der Waals surface area contributed by atoms with Gasteiger partial charge in [0.15, 0.2) is 12.2 Å². The number of aliphatic hydroxyl groups excluding tert-OH is 1. The van der Waals surface area contributed by atoms with Crippen molar-refractivity contribution < 1.29 is 80.2 Å². The van der Waals surface area contributed by atoms with E-state index in [0.717, 1.165) is 127 Å². The smallest absolute Gasteiger partial charge is 0.462 e. The normalized spacial score (nSPS) is 14.7. The van der Waals surface area contributed by atoms with Crippen LogP contribution in [-0.4, -0.2) is 96.7 Å². The molecule has 17 nitrogen and oxygen atoms in total. The molecule has 0 aliphatic heterocycles. The number of hydrogen-bond acceptors (Lipinski definition) is 15. The van der Waals surface area contributed by atoms with E-state index < -0.39 is 97.5 Å². The standard InChI is InChI=1S/C69H130O17P2/c1-8-10-11-12-13-14-15-16-17-18-21-24-27-38-45-52-68(73)85-64(56-79-66(71)50-43-36-31-29-34-41-48-61(5)6)58-83-87(75,76)81-54-63(70)55-82-88(77,78)84-59-65(57-80-67(72)51-44-37-32-30-35-42-49-62(7)9-2)86-69(74)53-46-39-28-25-22-19-20-23-26-33-40-47-60(3)4/h14-17,60-65,70H,8-13,18-59H2,1-7H3,(H,75,76)(H,77,78)/b15-14-,17-16-/t62?,63-,64+,65+/m0/s1. The molecule has 19 heteroatoms. The Kier molecular flexibility index (Phi) is 57.9. The van der Waals surface area contributed by atoms with Crippen LogP contribution in [0.5, 0.6) is 0 Å². The van der Waals surface area contributed by atoms with Crippen LogP contribution in [0, 0.1) is 17.8 Å². The van der Waals surface area contributed by atoms with Gasteiger partial charge in [-0.05, 0) is 69.1 Å². The zero-order chi connectivity index (χ0) is 65.2. The maximum Gasteiger partial charge on any atom is 0.472 e. The summed E-state index contributed by atoms with van der Waals surface area (Å²) in [5.74, 6) is 0.00676. The molecule has 6 atom stereocenters. The topological polar surface area (TPSA) is 237 Å². The molecule has 3 N–H and O–H groups in total. The van der Waals surface area contributed by atoms with Crippen LogP contribution in [0.4, 0.5) is 0 Å². The highest BCUT2D eigenvalue weighted by Gasteiger charge is 2.30. The van der Waals surface area contributed by atoms with Crippen LogP contribution in [0.1, 0.15) is 318 Å². The second-order valence-electron chi connectivity index (χ2n) is 25.4. The molecule has 0 saturated heterocycles. The quantitative estimate of drug-likeness (QED) is 0.0169. The van der Waals surface area contributed by atoms with Crippen molar-refractivity contribution in [1.82, 2.24) is 0 Å². The number of aliphatic hydroxyl groups is 1. The summed E-state index contributed by atoms with van der Waals surface area (Å²) in [5, 5.41) is 10.6. The van der Waals surface area contributed by atoms with Gasteiger partial charge in [-0.15, -0.1) is 0 Å². The molecule has 0 aromatic rings. The molecular formula is C69H130O17P2. The molecule has 0 amide bonds. The molecule has 0 fully saturated rings. The number of phosphoric acid groups is 2. The Bertz CT molecular complexity index is 1830. The number of esters is 4. The maximum absolute atomic E-state index is 13.0. The van der Waals surface area contributed by atoms with E-state index in [2.05, 4.69) is 72.8 Å². The Hall–Kier alpha value is -2.46. The molecule has 3 unspecified atom stereocenters. The van der Waals surface area contributed by atoms with Crippen LogP contribution in [0.25, 0.3) is 0 Å². The summed E-state index contributed by atoms with van der Waals surface area (Å²) in [6, 6.07) is 0. The molecule has 0 radical (unpaired) electrons. The predicted octanol–water partition coefficient (Wildman–Crippen LogP) is 19.0. The van der Waals surface area contributed by atoms with Gasteiger partial charge in [0.2, 0.25) is 0 Å². The number of rotatable bonds is 65. The van der Waals surface area contributed by atoms with E-state index in [-0.39, 0.29) is 25.7 Å². The van der Waals surface area contributed by atoms with Crippen molar-refractivity contribution in [2.75, 3.05) is 39.6 Å². The van der Waals surface area contributed by atoms with E-state index in [4.69, 9.17) is 37.0 Å². The van der Waals surface area contributed by atoms with Crippen LogP contribution in [-0.2, 0) is 65.4 Å². The van der Waals surface area contributed by atoms with E-state index in [0.29, 0.717) is 31.6 Å². The molecule has 0 aliphatic carbocycles. The fraction of sp³-hybridized carbons (Fsp3) is 0.884. The highest BCUT2D eigenvalue weighted by molar-refractivity contribution is 7.47. The van der Waals surface area contributed by atoms with Crippen molar-refractivity contribution in [2.45, 2.75) is 336 Å². The van der Waals surface area contributed by atoms with Crippen LogP contribution < -0.4 is 0 Å². The van der Waals surface area contributed by atoms with Gasteiger partial charge in [0.05, 0.1) is 26.4 Å². The van der Waals surface area contributed by atoms with Gasteiger partial charge in [-0.3, -0.25) is 37.3 Å². The van der Waals surface area contributed by atoms with Gasteiger partial charge in [0, 0.05) is 25.7 Å². The fourth-order valence-electron chi connectivity index (χ4n) is 9.79. The number of phosphoric ester groups is 2. The summed E-state index contributed by atoms with van der Waals surface area (Å²) in [4.78, 5) is 72.4. The highest BCUT2D eigenvalue weighted by atomic mass is 31.2. The van der Waals surface area contributed by atoms with Crippen molar-refractivity contribution in [3.05, 3.63) is 24.3 Å². The molecule has 518 valence electrons. The minimum absolute atomic E-state index is 0.0834. The third-order valence-electron chi connectivity index (χ3n) is 15.6. The molecular weight excluding hydrogens is 1160 g/mol. The van der Waals surface area contributed by atoms with Gasteiger partial charge < -0.3 is 33.8 Å². The Morgan fingerprint density at radius 3 is 1.01 bits per heavy atom. The maximum atomic E-state index is 13.0. The van der Waals surface area contributed by atoms with Crippen molar-refractivity contribution in [3.8, 4) is 0 Å². The predicted molar refractivity (Wildman–Crippen MR) is 354 cm³/mol. The minimum atomic E-state index is -4.96. The van der Waals surface area contributed by atoms with Crippen LogP contribution >= 0.6 is 15.6 Å². The minimum Gasteiger partial charge on any atom is -0.462 e. The fourth-order valence-corrected chi connectivity index (χ4v) is 11.4. The number of carbonyl (C=O) groups is 4. The van der Waals surface area contributed by atoms with Gasteiger partial charge in [-0.2, -0.15) is 0 Å². The zero-order valence-corrected chi connectivity index (χ0v) is 58.5. The number of unbranched alkanes of at least 4 members (excludes halogenated alkanes) is 29. The molecule has 0 spiro atoms. The summed E-state index contributed by atoms with van der Waals surface area (Å²) in [6.07, 6.45) is 45.4. The lowest BCUT2D eigenvalue weighted by Crippen LogP contribution is -2.30. The van der Waals surface area contributed by atoms with E-state index in [1.54, 1.807) is 0 Å². The van der Waals surface area contributed by atoms with E-state index in [1.807, 2.05) is 0 Å². The molecule has 0 bridgehead atoms.